The van der Waals surface area contributed by atoms with E-state index in [0.717, 1.165) is 0 Å². The van der Waals surface area contributed by atoms with Gasteiger partial charge in [0, 0.05) is 17.2 Å². The minimum Gasteiger partial charge on any atom is -0.290 e. The Kier molecular flexibility index (Phi) is 6.36. The molecule has 0 fully saturated rings. The number of benzene rings is 1. The van der Waals surface area contributed by atoms with Crippen molar-refractivity contribution >= 4 is 0 Å². The average Bonchev–Trinajstić information content (AvgIpc) is 2.54. The first-order valence-electron chi connectivity index (χ1n) is 9.16. The van der Waals surface area contributed by atoms with E-state index >= 15 is 0 Å². The Bertz CT molecular complexity index is 661. The van der Waals surface area contributed by atoms with E-state index in [0.29, 0.717) is 5.92 Å². The molecule has 0 spiro atoms. The van der Waals surface area contributed by atoms with E-state index in [1.807, 2.05) is 6.07 Å². The van der Waals surface area contributed by atoms with Gasteiger partial charge < -0.3 is 0 Å². The Hall–Kier alpha value is -1.71. The zero-order valence-corrected chi connectivity index (χ0v) is 16.7. The quantitative estimate of drug-likeness (QED) is 0.543. The first-order chi connectivity index (χ1) is 11.7. The molecule has 0 aliphatic rings. The van der Waals surface area contributed by atoms with Crippen LogP contribution in [0.3, 0.4) is 0 Å². The Morgan fingerprint density at radius 1 is 0.920 bits per heavy atom. The third-order valence-corrected chi connectivity index (χ3v) is 4.39. The summed E-state index contributed by atoms with van der Waals surface area (Å²) in [6, 6.07) is 14.9. The van der Waals surface area contributed by atoms with E-state index in [4.69, 9.17) is 4.84 Å². The molecule has 1 heterocycles. The maximum Gasteiger partial charge on any atom is 0.173 e. The molecular weight excluding hydrogens is 308 g/mol. The molecule has 2 unspecified atom stereocenters. The second kappa shape index (κ2) is 8.11. The molecule has 2 rings (SSSR count). The number of hydrogen-bond acceptors (Lipinski definition) is 2. The molecule has 0 amide bonds. The van der Waals surface area contributed by atoms with Crippen molar-refractivity contribution in [3.05, 3.63) is 66.0 Å². The van der Waals surface area contributed by atoms with E-state index in [9.17, 15) is 0 Å². The van der Waals surface area contributed by atoms with Crippen LogP contribution in [0.25, 0.3) is 0 Å². The largest absolute Gasteiger partial charge is 0.290 e. The van der Waals surface area contributed by atoms with Crippen LogP contribution in [0.5, 0.6) is 0 Å². The van der Waals surface area contributed by atoms with Crippen LogP contribution in [0.1, 0.15) is 64.8 Å². The van der Waals surface area contributed by atoms with Crippen LogP contribution in [0.2, 0.25) is 0 Å². The summed E-state index contributed by atoms with van der Waals surface area (Å²) < 4.78 is 2.10. The number of rotatable bonds is 6. The summed E-state index contributed by atoms with van der Waals surface area (Å²) in [6.07, 6.45) is 4.26. The van der Waals surface area contributed by atoms with E-state index in [1.165, 1.54) is 11.1 Å². The fourth-order valence-electron chi connectivity index (χ4n) is 3.17. The number of aromatic nitrogens is 1. The fraction of sp³-hybridized carbons (Fsp3) is 0.500. The van der Waals surface area contributed by atoms with Crippen LogP contribution in [0, 0.1) is 5.92 Å². The third kappa shape index (κ3) is 5.13. The lowest BCUT2D eigenvalue weighted by atomic mass is 9.93. The summed E-state index contributed by atoms with van der Waals surface area (Å²) in [4.78, 5) is 6.54. The highest BCUT2D eigenvalue weighted by Crippen LogP contribution is 2.36. The topological polar surface area (TPSA) is 16.4 Å². The van der Waals surface area contributed by atoms with Gasteiger partial charge in [0.25, 0.3) is 0 Å². The van der Waals surface area contributed by atoms with Crippen molar-refractivity contribution in [1.29, 1.82) is 0 Å². The van der Waals surface area contributed by atoms with Gasteiger partial charge in [-0.2, -0.15) is 5.06 Å². The van der Waals surface area contributed by atoms with Gasteiger partial charge in [-0.1, -0.05) is 44.2 Å². The van der Waals surface area contributed by atoms with Crippen LogP contribution in [-0.4, -0.2) is 10.6 Å². The van der Waals surface area contributed by atoms with Gasteiger partial charge in [0.15, 0.2) is 12.4 Å². The van der Waals surface area contributed by atoms with Gasteiger partial charge in [0.2, 0.25) is 0 Å². The number of hydroxylamine groups is 2. The summed E-state index contributed by atoms with van der Waals surface area (Å²) in [6.45, 7) is 13.3. The molecule has 0 aliphatic heterocycles. The van der Waals surface area contributed by atoms with E-state index in [1.54, 1.807) is 0 Å². The molecule has 0 aliphatic carbocycles. The zero-order chi connectivity index (χ0) is 18.6. The van der Waals surface area contributed by atoms with Crippen molar-refractivity contribution in [2.24, 2.45) is 13.0 Å². The molecule has 2 atom stereocenters. The number of nitrogens with zero attached hydrogens (tertiary/aromatic N) is 2. The average molecular weight is 342 g/mol. The summed E-state index contributed by atoms with van der Waals surface area (Å²) in [7, 11) is 2.07. The van der Waals surface area contributed by atoms with E-state index < -0.39 is 0 Å². The summed E-state index contributed by atoms with van der Waals surface area (Å²) >= 11 is 0. The Morgan fingerprint density at radius 2 is 1.52 bits per heavy atom. The van der Waals surface area contributed by atoms with Crippen molar-refractivity contribution in [1.82, 2.24) is 5.06 Å². The lowest BCUT2D eigenvalue weighted by Crippen LogP contribution is -2.46. The molecule has 25 heavy (non-hydrogen) atoms. The first-order valence-corrected chi connectivity index (χ1v) is 9.16. The molecule has 0 bridgehead atoms. The molecule has 3 nitrogen and oxygen atoms in total. The van der Waals surface area contributed by atoms with Gasteiger partial charge in [-0.05, 0) is 45.2 Å². The highest BCUT2D eigenvalue weighted by atomic mass is 16.7. The normalized spacial score (nSPS) is 14.8. The fourth-order valence-corrected chi connectivity index (χ4v) is 3.17. The SMILES string of the molecule is CC(ON(C(c1ccc[n+](C)c1)C(C)C)C(C)(C)C)c1ccccc1. The standard InChI is InChI=1S/C22H33N2O/c1-17(2)21(20-14-11-15-23(7)16-20)24(22(4,5)6)25-18(3)19-12-9-8-10-13-19/h8-18,21H,1-7H3/q+1. The minimum atomic E-state index is -0.119. The Labute approximate surface area is 153 Å². The lowest BCUT2D eigenvalue weighted by molar-refractivity contribution is -0.672. The van der Waals surface area contributed by atoms with Gasteiger partial charge in [-0.15, -0.1) is 0 Å². The molecular formula is C22H33N2O+. The van der Waals surface area contributed by atoms with Crippen LogP contribution in [0.15, 0.2) is 54.9 Å². The molecule has 0 saturated carbocycles. The first kappa shape index (κ1) is 19.6. The van der Waals surface area contributed by atoms with Gasteiger partial charge in [-0.25, -0.2) is 4.57 Å². The lowest BCUT2D eigenvalue weighted by Gasteiger charge is -2.43. The molecule has 0 saturated heterocycles. The zero-order valence-electron chi connectivity index (χ0n) is 16.7. The highest BCUT2D eigenvalue weighted by Gasteiger charge is 2.35. The van der Waals surface area contributed by atoms with Crippen molar-refractivity contribution in [3.8, 4) is 0 Å². The summed E-state index contributed by atoms with van der Waals surface area (Å²) in [5, 5.41) is 2.19. The molecule has 3 heteroatoms. The summed E-state index contributed by atoms with van der Waals surface area (Å²) in [5.74, 6) is 0.421. The molecule has 136 valence electrons. The smallest absolute Gasteiger partial charge is 0.173 e. The molecule has 0 N–H and O–H groups in total. The minimum absolute atomic E-state index is 0.000799. The predicted octanol–water partition coefficient (Wildman–Crippen LogP) is 5.00. The van der Waals surface area contributed by atoms with Crippen LogP contribution in [0.4, 0.5) is 0 Å². The number of aryl methyl sites for hydroxylation is 1. The second-order valence-electron chi connectivity index (χ2n) is 8.15. The monoisotopic (exact) mass is 341 g/mol. The Morgan fingerprint density at radius 3 is 2.04 bits per heavy atom. The van der Waals surface area contributed by atoms with Crippen LogP contribution >= 0.6 is 0 Å². The molecule has 2 aromatic rings. The van der Waals surface area contributed by atoms with Crippen molar-refractivity contribution in [2.45, 2.75) is 59.2 Å². The second-order valence-corrected chi connectivity index (χ2v) is 8.15. The van der Waals surface area contributed by atoms with Crippen molar-refractivity contribution in [3.63, 3.8) is 0 Å². The van der Waals surface area contributed by atoms with Crippen LogP contribution < -0.4 is 4.57 Å². The van der Waals surface area contributed by atoms with Gasteiger partial charge in [0.1, 0.15) is 13.2 Å². The van der Waals surface area contributed by atoms with Gasteiger partial charge >= 0.3 is 0 Å². The highest BCUT2D eigenvalue weighted by molar-refractivity contribution is 5.17. The van der Waals surface area contributed by atoms with E-state index in [-0.39, 0.29) is 17.7 Å². The van der Waals surface area contributed by atoms with Crippen molar-refractivity contribution in [2.75, 3.05) is 0 Å². The summed E-state index contributed by atoms with van der Waals surface area (Å²) in [5.41, 5.74) is 2.35. The predicted molar refractivity (Wildman–Crippen MR) is 103 cm³/mol. The Balaban J connectivity index is 2.37. The van der Waals surface area contributed by atoms with E-state index in [2.05, 4.69) is 107 Å². The number of hydrogen-bond donors (Lipinski definition) is 0. The van der Waals surface area contributed by atoms with Crippen molar-refractivity contribution < 1.29 is 9.40 Å². The molecule has 1 aromatic heterocycles. The van der Waals surface area contributed by atoms with Gasteiger partial charge in [-0.3, -0.25) is 4.84 Å². The molecule has 1 aromatic carbocycles. The number of pyridine rings is 1. The third-order valence-electron chi connectivity index (χ3n) is 4.39. The maximum atomic E-state index is 6.54. The van der Waals surface area contributed by atoms with Gasteiger partial charge in [0.05, 0.1) is 6.04 Å². The molecule has 0 radical (unpaired) electrons. The maximum absolute atomic E-state index is 6.54. The van der Waals surface area contributed by atoms with Crippen LogP contribution in [-0.2, 0) is 11.9 Å².